The highest BCUT2D eigenvalue weighted by Crippen LogP contribution is 2.30. The summed E-state index contributed by atoms with van der Waals surface area (Å²) in [6, 6.07) is 34.9. The molecule has 0 bridgehead atoms. The molecular weight excluding hydrogens is 608 g/mol. The largest absolute Gasteiger partial charge is 0.489 e. The summed E-state index contributed by atoms with van der Waals surface area (Å²) >= 11 is 3.54. The lowest BCUT2D eigenvalue weighted by molar-refractivity contribution is -0.122. The number of hydrogen-bond donors (Lipinski definition) is 1. The molecule has 5 aromatic carbocycles. The maximum Gasteiger partial charge on any atom is 0.335 e. The Morgan fingerprint density at radius 3 is 2.28 bits per heavy atom. The summed E-state index contributed by atoms with van der Waals surface area (Å²) < 4.78 is 12.5. The number of fused-ring (bicyclic) bond motifs is 1. The topological polar surface area (TPSA) is 84.9 Å². The second kappa shape index (κ2) is 12.3. The molecule has 0 atom stereocenters. The quantitative estimate of drug-likeness (QED) is 0.142. The number of anilines is 1. The van der Waals surface area contributed by atoms with Gasteiger partial charge >= 0.3 is 6.03 Å². The highest BCUT2D eigenvalue weighted by molar-refractivity contribution is 9.10. The van der Waals surface area contributed by atoms with Crippen LogP contribution in [0.1, 0.15) is 16.7 Å². The number of nitrogens with one attached hydrogen (secondary N) is 1. The molecule has 7 nitrogen and oxygen atoms in total. The molecule has 1 fully saturated rings. The molecule has 0 spiro atoms. The van der Waals surface area contributed by atoms with Crippen LogP contribution < -0.4 is 19.7 Å². The SMILES string of the molecule is O=C1NC(=O)N(c2ccc(OCc3ccccc3)cc2)C(=O)/C1=C/c1ccc(OCc2cccc3ccccc23)c(Br)c1. The smallest absolute Gasteiger partial charge is 0.335 e. The monoisotopic (exact) mass is 632 g/mol. The molecule has 1 heterocycles. The lowest BCUT2D eigenvalue weighted by Crippen LogP contribution is -2.54. The first-order valence-electron chi connectivity index (χ1n) is 13.5. The predicted molar refractivity (Wildman–Crippen MR) is 169 cm³/mol. The number of rotatable bonds is 8. The molecule has 6 rings (SSSR count). The van der Waals surface area contributed by atoms with E-state index in [2.05, 4.69) is 39.4 Å². The van der Waals surface area contributed by atoms with Crippen LogP contribution >= 0.6 is 15.9 Å². The van der Waals surface area contributed by atoms with Gasteiger partial charge in [-0.3, -0.25) is 14.9 Å². The molecule has 0 unspecified atom stereocenters. The molecule has 0 aliphatic carbocycles. The van der Waals surface area contributed by atoms with E-state index in [0.29, 0.717) is 40.4 Å². The second-order valence-corrected chi connectivity index (χ2v) is 10.7. The van der Waals surface area contributed by atoms with Gasteiger partial charge in [0.2, 0.25) is 0 Å². The van der Waals surface area contributed by atoms with Gasteiger partial charge in [-0.25, -0.2) is 9.69 Å². The minimum absolute atomic E-state index is 0.166. The number of nitrogens with zero attached hydrogens (tertiary/aromatic N) is 1. The number of carbonyl (C=O) groups excluding carboxylic acids is 3. The van der Waals surface area contributed by atoms with E-state index in [0.717, 1.165) is 26.8 Å². The molecule has 4 amide bonds. The van der Waals surface area contributed by atoms with Gasteiger partial charge in [-0.1, -0.05) is 78.9 Å². The Labute approximate surface area is 256 Å². The molecule has 212 valence electrons. The molecule has 1 saturated heterocycles. The number of hydrogen-bond acceptors (Lipinski definition) is 5. The molecule has 1 aliphatic heterocycles. The lowest BCUT2D eigenvalue weighted by Gasteiger charge is -2.26. The zero-order valence-corrected chi connectivity index (χ0v) is 24.4. The van der Waals surface area contributed by atoms with Crippen LogP contribution in [0.4, 0.5) is 10.5 Å². The van der Waals surface area contributed by atoms with Crippen molar-refractivity contribution in [1.82, 2.24) is 5.32 Å². The van der Waals surface area contributed by atoms with E-state index in [1.54, 1.807) is 42.5 Å². The minimum Gasteiger partial charge on any atom is -0.489 e. The van der Waals surface area contributed by atoms with Gasteiger partial charge in [0.15, 0.2) is 0 Å². The number of ether oxygens (including phenoxy) is 2. The summed E-state index contributed by atoms with van der Waals surface area (Å²) in [7, 11) is 0. The molecule has 43 heavy (non-hydrogen) atoms. The van der Waals surface area contributed by atoms with Crippen LogP contribution in [0.15, 0.2) is 125 Å². The summed E-state index contributed by atoms with van der Waals surface area (Å²) in [6.07, 6.45) is 1.45. The van der Waals surface area contributed by atoms with Crippen molar-refractivity contribution in [1.29, 1.82) is 0 Å². The predicted octanol–water partition coefficient (Wildman–Crippen LogP) is 7.43. The number of benzene rings is 5. The lowest BCUT2D eigenvalue weighted by atomic mass is 10.1. The van der Waals surface area contributed by atoms with Crippen molar-refractivity contribution in [3.05, 3.63) is 142 Å². The Bertz CT molecular complexity index is 1860. The molecular formula is C35H25BrN2O5. The van der Waals surface area contributed by atoms with Gasteiger partial charge in [0.1, 0.15) is 30.3 Å². The third-order valence-electron chi connectivity index (χ3n) is 6.97. The highest BCUT2D eigenvalue weighted by atomic mass is 79.9. The number of urea groups is 1. The Kier molecular flexibility index (Phi) is 8.02. The normalized spacial score (nSPS) is 14.2. The molecule has 8 heteroatoms. The molecule has 0 saturated carbocycles. The number of carbonyl (C=O) groups is 3. The van der Waals surface area contributed by atoms with Crippen LogP contribution in [-0.2, 0) is 22.8 Å². The fourth-order valence-corrected chi connectivity index (χ4v) is 5.30. The van der Waals surface area contributed by atoms with Gasteiger partial charge in [0.25, 0.3) is 11.8 Å². The Morgan fingerprint density at radius 1 is 0.744 bits per heavy atom. The van der Waals surface area contributed by atoms with Gasteiger partial charge in [-0.15, -0.1) is 0 Å². The molecule has 1 aliphatic rings. The maximum atomic E-state index is 13.4. The van der Waals surface area contributed by atoms with Gasteiger partial charge < -0.3 is 9.47 Å². The standard InChI is InChI=1S/C35H25BrN2O5/c36-31-20-24(13-18-32(31)43-22-26-11-6-10-25-9-4-5-12-29(25)26)19-30-33(39)37-35(41)38(34(30)40)27-14-16-28(17-15-27)42-21-23-7-2-1-3-8-23/h1-20H,21-22H2,(H,37,39,41)/b30-19+. The van der Waals surface area contributed by atoms with Gasteiger partial charge in [0.05, 0.1) is 10.2 Å². The van der Waals surface area contributed by atoms with Crippen LogP contribution in [0.3, 0.4) is 0 Å². The Hall–Kier alpha value is -5.21. The molecule has 0 aromatic heterocycles. The number of imide groups is 2. The summed E-state index contributed by atoms with van der Waals surface area (Å²) in [4.78, 5) is 39.7. The van der Waals surface area contributed by atoms with E-state index in [1.165, 1.54) is 6.08 Å². The fraction of sp³-hybridized carbons (Fsp3) is 0.0571. The molecule has 0 radical (unpaired) electrons. The first kappa shape index (κ1) is 27.9. The summed E-state index contributed by atoms with van der Waals surface area (Å²) in [6.45, 7) is 0.752. The first-order valence-corrected chi connectivity index (χ1v) is 14.3. The van der Waals surface area contributed by atoms with Crippen LogP contribution in [0.5, 0.6) is 11.5 Å². The average molecular weight is 633 g/mol. The van der Waals surface area contributed by atoms with Crippen LogP contribution in [0.2, 0.25) is 0 Å². The van der Waals surface area contributed by atoms with E-state index in [4.69, 9.17) is 9.47 Å². The van der Waals surface area contributed by atoms with Crippen molar-refractivity contribution in [2.45, 2.75) is 13.2 Å². The summed E-state index contributed by atoms with van der Waals surface area (Å²) in [5.41, 5.74) is 2.80. The van der Waals surface area contributed by atoms with E-state index in [9.17, 15) is 14.4 Å². The van der Waals surface area contributed by atoms with E-state index < -0.39 is 17.8 Å². The second-order valence-electron chi connectivity index (χ2n) is 9.84. The van der Waals surface area contributed by atoms with Crippen molar-refractivity contribution < 1.29 is 23.9 Å². The Morgan fingerprint density at radius 2 is 1.49 bits per heavy atom. The van der Waals surface area contributed by atoms with Crippen LogP contribution in [0, 0.1) is 0 Å². The Balaban J connectivity index is 1.16. The van der Waals surface area contributed by atoms with Crippen molar-refractivity contribution in [2.24, 2.45) is 0 Å². The zero-order chi connectivity index (χ0) is 29.8. The minimum atomic E-state index is -0.816. The molecule has 5 aromatic rings. The summed E-state index contributed by atoms with van der Waals surface area (Å²) in [5.74, 6) is -0.293. The van der Waals surface area contributed by atoms with E-state index in [1.807, 2.05) is 54.6 Å². The fourth-order valence-electron chi connectivity index (χ4n) is 4.79. The zero-order valence-electron chi connectivity index (χ0n) is 22.8. The van der Waals surface area contributed by atoms with Gasteiger partial charge in [-0.05, 0) is 85.9 Å². The third kappa shape index (κ3) is 6.19. The van der Waals surface area contributed by atoms with Gasteiger partial charge in [-0.2, -0.15) is 0 Å². The molecule has 1 N–H and O–H groups in total. The summed E-state index contributed by atoms with van der Waals surface area (Å²) in [5, 5.41) is 4.52. The number of amides is 4. The highest BCUT2D eigenvalue weighted by Gasteiger charge is 2.36. The van der Waals surface area contributed by atoms with Crippen molar-refractivity contribution in [3.63, 3.8) is 0 Å². The number of halogens is 1. The number of barbiturate groups is 1. The van der Waals surface area contributed by atoms with E-state index >= 15 is 0 Å². The van der Waals surface area contributed by atoms with E-state index in [-0.39, 0.29) is 5.57 Å². The van der Waals surface area contributed by atoms with Crippen molar-refractivity contribution >= 4 is 56.3 Å². The van der Waals surface area contributed by atoms with Crippen LogP contribution in [-0.4, -0.2) is 17.8 Å². The average Bonchev–Trinajstić information content (AvgIpc) is 3.02. The first-order chi connectivity index (χ1) is 21.0. The van der Waals surface area contributed by atoms with Crippen molar-refractivity contribution in [2.75, 3.05) is 4.90 Å². The van der Waals surface area contributed by atoms with Crippen molar-refractivity contribution in [3.8, 4) is 11.5 Å². The maximum absolute atomic E-state index is 13.4. The van der Waals surface area contributed by atoms with Gasteiger partial charge in [0, 0.05) is 0 Å². The van der Waals surface area contributed by atoms with Crippen LogP contribution in [0.25, 0.3) is 16.8 Å². The third-order valence-corrected chi connectivity index (χ3v) is 7.59.